The third-order valence-corrected chi connectivity index (χ3v) is 4.34. The summed E-state index contributed by atoms with van der Waals surface area (Å²) in [5, 5.41) is 0.248. The molecular formula is C12H11BrF5NO. The van der Waals surface area contributed by atoms with Crippen molar-refractivity contribution in [2.24, 2.45) is 0 Å². The van der Waals surface area contributed by atoms with Crippen molar-refractivity contribution in [3.8, 4) is 0 Å². The van der Waals surface area contributed by atoms with Crippen molar-refractivity contribution in [2.45, 2.75) is 19.4 Å². The molecule has 8 heteroatoms. The Morgan fingerprint density at radius 2 is 1.35 bits per heavy atom. The number of alkyl halides is 1. The summed E-state index contributed by atoms with van der Waals surface area (Å²) in [6, 6.07) is 0. The van der Waals surface area contributed by atoms with Crippen LogP contribution in [0.15, 0.2) is 0 Å². The summed E-state index contributed by atoms with van der Waals surface area (Å²) >= 11 is 3.10. The van der Waals surface area contributed by atoms with Crippen LogP contribution < -0.4 is 0 Å². The zero-order valence-corrected chi connectivity index (χ0v) is 12.4. The molecule has 20 heavy (non-hydrogen) atoms. The van der Waals surface area contributed by atoms with Gasteiger partial charge in [0.15, 0.2) is 23.3 Å². The molecule has 0 radical (unpaired) electrons. The standard InChI is InChI=1S/C12H11BrF5NO/c1-12(2,4-13)19(3)11(20)5-6(14)8(16)10(18)9(17)7(5)15/h4H2,1-3H3. The summed E-state index contributed by atoms with van der Waals surface area (Å²) in [4.78, 5) is 12.9. The number of rotatable bonds is 3. The van der Waals surface area contributed by atoms with Crippen molar-refractivity contribution in [1.29, 1.82) is 0 Å². The van der Waals surface area contributed by atoms with E-state index in [0.717, 1.165) is 4.90 Å². The first-order chi connectivity index (χ1) is 9.06. The Kier molecular flexibility index (Phi) is 4.78. The average Bonchev–Trinajstić information content (AvgIpc) is 2.42. The van der Waals surface area contributed by atoms with Gasteiger partial charge in [-0.05, 0) is 13.8 Å². The maximum Gasteiger partial charge on any atom is 0.260 e. The molecule has 0 N–H and O–H groups in total. The Balaban J connectivity index is 3.45. The van der Waals surface area contributed by atoms with E-state index in [-0.39, 0.29) is 5.33 Å². The zero-order chi connectivity index (χ0) is 15.8. The maximum absolute atomic E-state index is 13.5. The first-order valence-corrected chi connectivity index (χ1v) is 6.54. The van der Waals surface area contributed by atoms with E-state index in [1.165, 1.54) is 7.05 Å². The van der Waals surface area contributed by atoms with Gasteiger partial charge in [0.1, 0.15) is 5.56 Å². The summed E-state index contributed by atoms with van der Waals surface area (Å²) in [5.74, 6) is -12.1. The zero-order valence-electron chi connectivity index (χ0n) is 10.8. The second kappa shape index (κ2) is 5.67. The first-order valence-electron chi connectivity index (χ1n) is 5.41. The molecule has 0 aliphatic heterocycles. The summed E-state index contributed by atoms with van der Waals surface area (Å²) < 4.78 is 66.1. The van der Waals surface area contributed by atoms with Crippen LogP contribution in [0.2, 0.25) is 0 Å². The molecule has 0 fully saturated rings. The van der Waals surface area contributed by atoms with E-state index in [1.54, 1.807) is 13.8 Å². The second-order valence-electron chi connectivity index (χ2n) is 4.76. The summed E-state index contributed by atoms with van der Waals surface area (Å²) in [5.41, 5.74) is -2.34. The van der Waals surface area contributed by atoms with Crippen molar-refractivity contribution >= 4 is 21.8 Å². The lowest BCUT2D eigenvalue weighted by molar-refractivity contribution is 0.0650. The molecule has 1 aromatic carbocycles. The van der Waals surface area contributed by atoms with Crippen molar-refractivity contribution in [2.75, 3.05) is 12.4 Å². The lowest BCUT2D eigenvalue weighted by Gasteiger charge is -2.34. The van der Waals surface area contributed by atoms with Crippen LogP contribution in [-0.4, -0.2) is 28.7 Å². The quantitative estimate of drug-likeness (QED) is 0.349. The Hall–Kier alpha value is -1.18. The van der Waals surface area contributed by atoms with Crippen molar-refractivity contribution < 1.29 is 26.7 Å². The Bertz CT molecular complexity index is 532. The Labute approximate surface area is 120 Å². The van der Waals surface area contributed by atoms with Gasteiger partial charge in [-0.15, -0.1) is 0 Å². The third-order valence-electron chi connectivity index (χ3n) is 2.96. The van der Waals surface area contributed by atoms with E-state index in [9.17, 15) is 26.7 Å². The van der Waals surface area contributed by atoms with Crippen LogP contribution in [0.4, 0.5) is 22.0 Å². The van der Waals surface area contributed by atoms with Gasteiger partial charge in [-0.3, -0.25) is 4.79 Å². The smallest absolute Gasteiger partial charge is 0.260 e. The van der Waals surface area contributed by atoms with Crippen LogP contribution in [-0.2, 0) is 0 Å². The number of hydrogen-bond donors (Lipinski definition) is 0. The lowest BCUT2D eigenvalue weighted by atomic mass is 10.0. The van der Waals surface area contributed by atoms with Gasteiger partial charge < -0.3 is 4.90 Å². The number of carbonyl (C=O) groups excluding carboxylic acids is 1. The average molecular weight is 360 g/mol. The molecule has 1 rings (SSSR count). The number of halogens is 6. The summed E-state index contributed by atoms with van der Waals surface area (Å²) in [7, 11) is 1.21. The molecule has 0 aromatic heterocycles. The molecule has 0 heterocycles. The van der Waals surface area contributed by atoms with Crippen LogP contribution in [0.5, 0.6) is 0 Å². The molecule has 0 unspecified atom stereocenters. The van der Waals surface area contributed by atoms with Gasteiger partial charge in [0, 0.05) is 17.9 Å². The lowest BCUT2D eigenvalue weighted by Crippen LogP contribution is -2.47. The van der Waals surface area contributed by atoms with Gasteiger partial charge in [-0.1, -0.05) is 15.9 Å². The highest BCUT2D eigenvalue weighted by molar-refractivity contribution is 9.09. The van der Waals surface area contributed by atoms with E-state index in [0.29, 0.717) is 0 Å². The third kappa shape index (κ3) is 2.65. The number of benzene rings is 1. The highest BCUT2D eigenvalue weighted by Crippen LogP contribution is 2.26. The maximum atomic E-state index is 13.5. The first kappa shape index (κ1) is 16.9. The van der Waals surface area contributed by atoms with Gasteiger partial charge in [0.05, 0.1) is 0 Å². The molecule has 112 valence electrons. The molecule has 1 aromatic rings. The molecule has 2 nitrogen and oxygen atoms in total. The van der Waals surface area contributed by atoms with E-state index in [2.05, 4.69) is 15.9 Å². The SMILES string of the molecule is CN(C(=O)c1c(F)c(F)c(F)c(F)c1F)C(C)(C)CBr. The monoisotopic (exact) mass is 359 g/mol. The predicted molar refractivity (Wildman–Crippen MR) is 66.2 cm³/mol. The highest BCUT2D eigenvalue weighted by Gasteiger charge is 2.35. The van der Waals surface area contributed by atoms with Gasteiger partial charge in [-0.25, -0.2) is 22.0 Å². The molecule has 0 saturated carbocycles. The van der Waals surface area contributed by atoms with E-state index < -0.39 is 46.1 Å². The minimum Gasteiger partial charge on any atom is -0.336 e. The minimum atomic E-state index is -2.29. The van der Waals surface area contributed by atoms with Crippen LogP contribution in [0.25, 0.3) is 0 Å². The molecule has 0 spiro atoms. The van der Waals surface area contributed by atoms with E-state index in [1.807, 2.05) is 0 Å². The van der Waals surface area contributed by atoms with Crippen LogP contribution >= 0.6 is 15.9 Å². The van der Waals surface area contributed by atoms with Gasteiger partial charge in [-0.2, -0.15) is 0 Å². The summed E-state index contributed by atoms with van der Waals surface area (Å²) in [6.45, 7) is 3.12. The van der Waals surface area contributed by atoms with Gasteiger partial charge in [0.25, 0.3) is 5.91 Å². The number of hydrogen-bond acceptors (Lipinski definition) is 1. The predicted octanol–water partition coefficient (Wildman–Crippen LogP) is 3.63. The summed E-state index contributed by atoms with van der Waals surface area (Å²) in [6.07, 6.45) is 0. The Morgan fingerprint density at radius 3 is 1.70 bits per heavy atom. The fraction of sp³-hybridized carbons (Fsp3) is 0.417. The topological polar surface area (TPSA) is 20.3 Å². The highest BCUT2D eigenvalue weighted by atomic mass is 79.9. The van der Waals surface area contributed by atoms with E-state index in [4.69, 9.17) is 0 Å². The van der Waals surface area contributed by atoms with Crippen molar-refractivity contribution in [3.05, 3.63) is 34.6 Å². The molecule has 0 aliphatic carbocycles. The number of carbonyl (C=O) groups is 1. The fourth-order valence-electron chi connectivity index (χ4n) is 1.32. The van der Waals surface area contributed by atoms with Gasteiger partial charge >= 0.3 is 0 Å². The molecule has 0 aliphatic rings. The van der Waals surface area contributed by atoms with Crippen LogP contribution in [0.3, 0.4) is 0 Å². The molecule has 0 saturated heterocycles. The molecule has 0 bridgehead atoms. The molecule has 1 amide bonds. The fourth-order valence-corrected chi connectivity index (χ4v) is 1.70. The number of nitrogens with zero attached hydrogens (tertiary/aromatic N) is 1. The minimum absolute atomic E-state index is 0.248. The largest absolute Gasteiger partial charge is 0.336 e. The van der Waals surface area contributed by atoms with Crippen molar-refractivity contribution in [1.82, 2.24) is 4.90 Å². The molecule has 0 atom stereocenters. The van der Waals surface area contributed by atoms with E-state index >= 15 is 0 Å². The Morgan fingerprint density at radius 1 is 1.00 bits per heavy atom. The van der Waals surface area contributed by atoms with Crippen LogP contribution in [0.1, 0.15) is 24.2 Å². The normalized spacial score (nSPS) is 11.7. The second-order valence-corrected chi connectivity index (χ2v) is 5.32. The van der Waals surface area contributed by atoms with Crippen molar-refractivity contribution in [3.63, 3.8) is 0 Å². The van der Waals surface area contributed by atoms with Gasteiger partial charge in [0.2, 0.25) is 5.82 Å². The van der Waals surface area contributed by atoms with Crippen LogP contribution in [0, 0.1) is 29.1 Å². The molecular weight excluding hydrogens is 349 g/mol. The number of amides is 1.